The molecule has 7 nitrogen and oxygen atoms in total. The topological polar surface area (TPSA) is 85.1 Å². The summed E-state index contributed by atoms with van der Waals surface area (Å²) in [5, 5.41) is 18.5. The van der Waals surface area contributed by atoms with Crippen LogP contribution in [0.1, 0.15) is 30.7 Å². The SMILES string of the molecule is Cc1cc2nn(Cc3cnc(OCC(F)(F)F)c(C)c3)cc2c(NCC(C)(C)O)n1. The Balaban J connectivity index is 1.80. The average molecular weight is 423 g/mol. The molecular weight excluding hydrogens is 399 g/mol. The van der Waals surface area contributed by atoms with E-state index in [2.05, 4.69) is 20.4 Å². The van der Waals surface area contributed by atoms with E-state index in [0.29, 0.717) is 24.5 Å². The van der Waals surface area contributed by atoms with E-state index >= 15 is 0 Å². The Morgan fingerprint density at radius 2 is 1.93 bits per heavy atom. The second-order valence-corrected chi connectivity index (χ2v) is 7.91. The smallest absolute Gasteiger partial charge is 0.422 e. The molecule has 0 aliphatic rings. The van der Waals surface area contributed by atoms with Gasteiger partial charge in [-0.15, -0.1) is 0 Å². The molecular formula is C20H24F3N5O2. The Morgan fingerprint density at radius 1 is 1.20 bits per heavy atom. The third-order valence-corrected chi connectivity index (χ3v) is 4.17. The number of ether oxygens (including phenoxy) is 1. The number of rotatable bonds is 7. The first-order chi connectivity index (χ1) is 13.9. The van der Waals surface area contributed by atoms with Crippen LogP contribution in [-0.4, -0.2) is 49.8 Å². The van der Waals surface area contributed by atoms with Crippen LogP contribution in [-0.2, 0) is 6.54 Å². The van der Waals surface area contributed by atoms with E-state index in [-0.39, 0.29) is 5.88 Å². The normalized spacial score (nSPS) is 12.4. The Bertz CT molecular complexity index is 1040. The lowest BCUT2D eigenvalue weighted by Crippen LogP contribution is -2.29. The van der Waals surface area contributed by atoms with Crippen molar-refractivity contribution in [1.29, 1.82) is 0 Å². The van der Waals surface area contributed by atoms with Crippen molar-refractivity contribution in [2.45, 2.75) is 46.0 Å². The molecule has 0 saturated heterocycles. The number of halogens is 3. The summed E-state index contributed by atoms with van der Waals surface area (Å²) >= 11 is 0. The van der Waals surface area contributed by atoms with Gasteiger partial charge in [-0.3, -0.25) is 4.68 Å². The van der Waals surface area contributed by atoms with Crippen molar-refractivity contribution in [3.05, 3.63) is 41.3 Å². The van der Waals surface area contributed by atoms with Crippen LogP contribution in [0.4, 0.5) is 19.0 Å². The van der Waals surface area contributed by atoms with Gasteiger partial charge >= 0.3 is 6.18 Å². The van der Waals surface area contributed by atoms with Gasteiger partial charge in [0.2, 0.25) is 5.88 Å². The van der Waals surface area contributed by atoms with Gasteiger partial charge < -0.3 is 15.2 Å². The first-order valence-electron chi connectivity index (χ1n) is 9.36. The van der Waals surface area contributed by atoms with Crippen molar-refractivity contribution >= 4 is 16.7 Å². The summed E-state index contributed by atoms with van der Waals surface area (Å²) in [6, 6.07) is 3.58. The molecule has 0 bridgehead atoms. The summed E-state index contributed by atoms with van der Waals surface area (Å²) in [4.78, 5) is 8.50. The van der Waals surface area contributed by atoms with Crippen LogP contribution >= 0.6 is 0 Å². The van der Waals surface area contributed by atoms with E-state index in [1.165, 1.54) is 6.20 Å². The van der Waals surface area contributed by atoms with Crippen molar-refractivity contribution in [2.24, 2.45) is 0 Å². The van der Waals surface area contributed by atoms with Crippen LogP contribution in [0.25, 0.3) is 10.9 Å². The molecule has 3 rings (SSSR count). The summed E-state index contributed by atoms with van der Waals surface area (Å²) in [5.74, 6) is 0.586. The summed E-state index contributed by atoms with van der Waals surface area (Å²) in [5.41, 5.74) is 1.92. The van der Waals surface area contributed by atoms with E-state index in [1.54, 1.807) is 31.5 Å². The average Bonchev–Trinajstić information content (AvgIpc) is 2.99. The maximum Gasteiger partial charge on any atom is 0.422 e. The molecule has 0 spiro atoms. The number of hydrogen-bond acceptors (Lipinski definition) is 6. The second-order valence-electron chi connectivity index (χ2n) is 7.91. The molecule has 0 atom stereocenters. The summed E-state index contributed by atoms with van der Waals surface area (Å²) in [6.45, 7) is 6.24. The molecule has 3 aromatic heterocycles. The van der Waals surface area contributed by atoms with E-state index in [4.69, 9.17) is 4.74 Å². The van der Waals surface area contributed by atoms with E-state index in [0.717, 1.165) is 22.2 Å². The molecule has 3 heterocycles. The zero-order chi connectivity index (χ0) is 22.1. The van der Waals surface area contributed by atoms with Gasteiger partial charge in [-0.2, -0.15) is 18.3 Å². The zero-order valence-corrected chi connectivity index (χ0v) is 17.2. The monoisotopic (exact) mass is 423 g/mol. The standard InChI is InChI=1S/C20H24F3N5O2/c1-12-5-14(7-24-18(12)30-11-20(21,22)23)8-28-9-15-16(27-28)6-13(2)26-17(15)25-10-19(3,4)29/h5-7,9,29H,8,10-11H2,1-4H3,(H,25,26). The van der Waals surface area contributed by atoms with Crippen LogP contribution in [0.15, 0.2) is 24.5 Å². The Kier molecular flexibility index (Phi) is 5.89. The molecule has 2 N–H and O–H groups in total. The van der Waals surface area contributed by atoms with Gasteiger partial charge in [0.05, 0.1) is 23.0 Å². The highest BCUT2D eigenvalue weighted by atomic mass is 19.4. The minimum Gasteiger partial charge on any atom is -0.468 e. The molecule has 0 fully saturated rings. The van der Waals surface area contributed by atoms with Crippen molar-refractivity contribution < 1.29 is 23.0 Å². The molecule has 0 aliphatic carbocycles. The number of pyridine rings is 2. The van der Waals surface area contributed by atoms with E-state index in [9.17, 15) is 18.3 Å². The summed E-state index contributed by atoms with van der Waals surface area (Å²) < 4.78 is 43.5. The van der Waals surface area contributed by atoms with Crippen molar-refractivity contribution in [2.75, 3.05) is 18.5 Å². The molecule has 3 aromatic rings. The van der Waals surface area contributed by atoms with Gasteiger partial charge in [0.1, 0.15) is 5.82 Å². The molecule has 10 heteroatoms. The van der Waals surface area contributed by atoms with Gasteiger partial charge in [0.15, 0.2) is 6.61 Å². The molecule has 0 aliphatic heterocycles. The van der Waals surface area contributed by atoms with Crippen molar-refractivity contribution in [1.82, 2.24) is 19.7 Å². The first-order valence-corrected chi connectivity index (χ1v) is 9.36. The van der Waals surface area contributed by atoms with Crippen LogP contribution in [0.5, 0.6) is 5.88 Å². The van der Waals surface area contributed by atoms with Gasteiger partial charge in [-0.25, -0.2) is 9.97 Å². The highest BCUT2D eigenvalue weighted by Crippen LogP contribution is 2.24. The van der Waals surface area contributed by atoms with Gasteiger partial charge in [0.25, 0.3) is 0 Å². The zero-order valence-electron chi connectivity index (χ0n) is 17.2. The predicted octanol–water partition coefficient (Wildman–Crippen LogP) is 3.62. The minimum absolute atomic E-state index is 0.0420. The Labute approximate surface area is 171 Å². The number of anilines is 1. The lowest BCUT2D eigenvalue weighted by Gasteiger charge is -2.18. The number of alkyl halides is 3. The number of aromatic nitrogens is 4. The van der Waals surface area contributed by atoms with E-state index < -0.39 is 18.4 Å². The maximum absolute atomic E-state index is 12.3. The number of hydrogen-bond donors (Lipinski definition) is 2. The molecule has 0 aromatic carbocycles. The molecule has 0 unspecified atom stereocenters. The van der Waals surface area contributed by atoms with Gasteiger partial charge in [0, 0.05) is 30.2 Å². The number of aliphatic hydroxyl groups is 1. The number of nitrogens with one attached hydrogen (secondary N) is 1. The third kappa shape index (κ3) is 5.82. The number of nitrogens with zero attached hydrogens (tertiary/aromatic N) is 4. The van der Waals surface area contributed by atoms with Crippen LogP contribution in [0.2, 0.25) is 0 Å². The quantitative estimate of drug-likeness (QED) is 0.604. The van der Waals surface area contributed by atoms with Crippen LogP contribution in [0.3, 0.4) is 0 Å². The molecule has 30 heavy (non-hydrogen) atoms. The fourth-order valence-corrected chi connectivity index (χ4v) is 2.90. The Hall–Kier alpha value is -2.88. The number of fused-ring (bicyclic) bond motifs is 1. The highest BCUT2D eigenvalue weighted by Gasteiger charge is 2.29. The molecule has 0 saturated carbocycles. The van der Waals surface area contributed by atoms with Crippen molar-refractivity contribution in [3.63, 3.8) is 0 Å². The lowest BCUT2D eigenvalue weighted by atomic mass is 10.1. The maximum atomic E-state index is 12.3. The Morgan fingerprint density at radius 3 is 2.57 bits per heavy atom. The lowest BCUT2D eigenvalue weighted by molar-refractivity contribution is -0.154. The van der Waals surface area contributed by atoms with Gasteiger partial charge in [-0.05, 0) is 45.4 Å². The minimum atomic E-state index is -4.41. The van der Waals surface area contributed by atoms with Crippen LogP contribution < -0.4 is 10.1 Å². The molecule has 0 radical (unpaired) electrons. The van der Waals surface area contributed by atoms with Gasteiger partial charge in [-0.1, -0.05) is 0 Å². The van der Waals surface area contributed by atoms with E-state index in [1.807, 2.05) is 19.2 Å². The second kappa shape index (κ2) is 8.10. The van der Waals surface area contributed by atoms with Crippen molar-refractivity contribution in [3.8, 4) is 5.88 Å². The fourth-order valence-electron chi connectivity index (χ4n) is 2.90. The number of aryl methyl sites for hydroxylation is 2. The molecule has 162 valence electrons. The largest absolute Gasteiger partial charge is 0.468 e. The third-order valence-electron chi connectivity index (χ3n) is 4.17. The highest BCUT2D eigenvalue weighted by molar-refractivity contribution is 5.89. The predicted molar refractivity (Wildman–Crippen MR) is 107 cm³/mol. The summed E-state index contributed by atoms with van der Waals surface area (Å²) in [7, 11) is 0. The summed E-state index contributed by atoms with van der Waals surface area (Å²) in [6.07, 6.45) is -1.11. The first kappa shape index (κ1) is 21.8. The molecule has 0 amide bonds. The van der Waals surface area contributed by atoms with Crippen LogP contribution in [0, 0.1) is 13.8 Å². The fraction of sp³-hybridized carbons (Fsp3) is 0.450.